The number of rotatable bonds is 18. The van der Waals surface area contributed by atoms with Gasteiger partial charge in [-0.3, -0.25) is 9.47 Å². The number of alkyl halides is 20. The fourth-order valence-corrected chi connectivity index (χ4v) is 2.05. The van der Waals surface area contributed by atoms with E-state index in [0.29, 0.717) is 0 Å². The minimum absolute atomic E-state index is 0.0449. The molecular weight excluding hydrogens is 684 g/mol. The van der Waals surface area contributed by atoms with E-state index in [4.69, 9.17) is 0 Å². The Bertz CT molecular complexity index is 834. The third-order valence-electron chi connectivity index (χ3n) is 4.01. The van der Waals surface area contributed by atoms with Gasteiger partial charge >= 0.3 is 48.6 Å². The first kappa shape index (κ1) is 40.8. The van der Waals surface area contributed by atoms with Gasteiger partial charge in [0.15, 0.2) is 0 Å². The minimum atomic E-state index is -7.30. The van der Waals surface area contributed by atoms with Gasteiger partial charge in [-0.25, -0.2) is 8.78 Å². The first-order chi connectivity index (χ1) is 18.4. The van der Waals surface area contributed by atoms with E-state index in [1.165, 1.54) is 0 Å². The summed E-state index contributed by atoms with van der Waals surface area (Å²) in [5.74, 6) is -14.6. The zero-order valence-corrected chi connectivity index (χ0v) is 20.2. The minimum Gasteiger partial charge on any atom is -0.379 e. The standard InChI is InChI=1S/C16H14F20O5S/c17-7(40-15(33,34)11(23,24)13(27,28)29)9(19,20)38-5-6(4-37-2-1-3-42)39-10(21,22)8(18)41-16(35,36)12(25,26)14(30,31)32/h6-8,42H,1-5H2. The fourth-order valence-electron chi connectivity index (χ4n) is 1.92. The molecule has 0 heterocycles. The zero-order chi connectivity index (χ0) is 33.8. The van der Waals surface area contributed by atoms with E-state index in [1.54, 1.807) is 0 Å². The van der Waals surface area contributed by atoms with Crippen molar-refractivity contribution in [1.82, 2.24) is 0 Å². The molecule has 26 heteroatoms. The van der Waals surface area contributed by atoms with Crippen LogP contribution in [0.3, 0.4) is 0 Å². The lowest BCUT2D eigenvalue weighted by Gasteiger charge is -2.32. The summed E-state index contributed by atoms with van der Waals surface area (Å²) in [4.78, 5) is 0. The Morgan fingerprint density at radius 3 is 1.26 bits per heavy atom. The molecule has 0 aliphatic rings. The van der Waals surface area contributed by atoms with E-state index in [0.717, 1.165) is 0 Å². The molecule has 0 aromatic heterocycles. The van der Waals surface area contributed by atoms with Crippen LogP contribution in [-0.2, 0) is 23.7 Å². The van der Waals surface area contributed by atoms with Gasteiger partial charge in [0.1, 0.15) is 6.10 Å². The van der Waals surface area contributed by atoms with Gasteiger partial charge in [-0.15, -0.1) is 0 Å². The lowest BCUT2D eigenvalue weighted by atomic mass is 10.3. The number of halogens is 20. The molecule has 254 valence electrons. The smallest absolute Gasteiger partial charge is 0.379 e. The summed E-state index contributed by atoms with van der Waals surface area (Å²) in [6.45, 7) is -4.61. The highest BCUT2D eigenvalue weighted by atomic mass is 32.1. The largest absolute Gasteiger partial charge is 0.462 e. The molecule has 0 rings (SSSR count). The predicted octanol–water partition coefficient (Wildman–Crippen LogP) is 7.12. The maximum atomic E-state index is 13.8. The molecule has 0 saturated heterocycles. The van der Waals surface area contributed by atoms with E-state index < -0.39 is 87.3 Å². The number of ether oxygens (including phenoxy) is 5. The van der Waals surface area contributed by atoms with E-state index >= 15 is 0 Å². The van der Waals surface area contributed by atoms with Crippen molar-refractivity contribution in [3.05, 3.63) is 0 Å². The summed E-state index contributed by atoms with van der Waals surface area (Å²) in [5.41, 5.74) is 0. The third-order valence-corrected chi connectivity index (χ3v) is 4.33. The van der Waals surface area contributed by atoms with Gasteiger partial charge in [-0.1, -0.05) is 0 Å². The van der Waals surface area contributed by atoms with Crippen LogP contribution < -0.4 is 0 Å². The van der Waals surface area contributed by atoms with Crippen LogP contribution in [0.25, 0.3) is 0 Å². The molecule has 3 unspecified atom stereocenters. The van der Waals surface area contributed by atoms with Gasteiger partial charge in [0.25, 0.3) is 12.7 Å². The first-order valence-corrected chi connectivity index (χ1v) is 10.6. The van der Waals surface area contributed by atoms with Gasteiger partial charge in [0, 0.05) is 6.61 Å². The van der Waals surface area contributed by atoms with Crippen LogP contribution in [0, 0.1) is 0 Å². The summed E-state index contributed by atoms with van der Waals surface area (Å²) < 4.78 is 272. The Kier molecular flexibility index (Phi) is 13.4. The van der Waals surface area contributed by atoms with Crippen molar-refractivity contribution < 1.29 is 111 Å². The lowest BCUT2D eigenvalue weighted by molar-refractivity contribution is -0.472. The van der Waals surface area contributed by atoms with Crippen LogP contribution in [0.1, 0.15) is 6.42 Å². The molecule has 0 spiro atoms. The van der Waals surface area contributed by atoms with Gasteiger partial charge in [-0.05, 0) is 12.2 Å². The van der Waals surface area contributed by atoms with E-state index in [1.807, 2.05) is 0 Å². The molecule has 0 saturated carbocycles. The Morgan fingerprint density at radius 2 is 0.905 bits per heavy atom. The first-order valence-electron chi connectivity index (χ1n) is 9.94. The topological polar surface area (TPSA) is 46.2 Å². The van der Waals surface area contributed by atoms with Gasteiger partial charge in [-0.2, -0.15) is 91.7 Å². The highest BCUT2D eigenvalue weighted by Crippen LogP contribution is 2.50. The second-order valence-electron chi connectivity index (χ2n) is 7.37. The maximum Gasteiger partial charge on any atom is 0.462 e. The van der Waals surface area contributed by atoms with Crippen LogP contribution in [0.2, 0.25) is 0 Å². The van der Waals surface area contributed by atoms with Crippen molar-refractivity contribution in [3.63, 3.8) is 0 Å². The quantitative estimate of drug-likeness (QED) is 0.0940. The monoisotopic (exact) mass is 698 g/mol. The summed E-state index contributed by atoms with van der Waals surface area (Å²) in [6, 6.07) is 0. The molecule has 0 aromatic carbocycles. The van der Waals surface area contributed by atoms with Crippen molar-refractivity contribution >= 4 is 12.6 Å². The molecule has 0 amide bonds. The molecular formula is C16H14F20O5S. The Balaban J connectivity index is 5.78. The molecule has 0 aliphatic heterocycles. The average molecular weight is 698 g/mol. The molecule has 3 atom stereocenters. The van der Waals surface area contributed by atoms with Crippen LogP contribution in [0.15, 0.2) is 0 Å². The Morgan fingerprint density at radius 1 is 0.524 bits per heavy atom. The normalized spacial score (nSPS) is 17.4. The zero-order valence-electron chi connectivity index (χ0n) is 19.3. The van der Waals surface area contributed by atoms with Crippen molar-refractivity contribution in [2.24, 2.45) is 0 Å². The van der Waals surface area contributed by atoms with Gasteiger partial charge in [0.2, 0.25) is 0 Å². The van der Waals surface area contributed by atoms with Crippen LogP contribution >= 0.6 is 12.6 Å². The summed E-state index contributed by atoms with van der Waals surface area (Å²) in [6.07, 6.45) is -54.4. The van der Waals surface area contributed by atoms with Crippen LogP contribution in [-0.4, -0.2) is 93.0 Å². The Hall–Kier alpha value is -1.25. The van der Waals surface area contributed by atoms with Crippen molar-refractivity contribution in [2.75, 3.05) is 25.6 Å². The molecule has 0 radical (unpaired) electrons. The van der Waals surface area contributed by atoms with Crippen molar-refractivity contribution in [2.45, 2.75) is 73.9 Å². The summed E-state index contributed by atoms with van der Waals surface area (Å²) in [5, 5.41) is 0. The van der Waals surface area contributed by atoms with Crippen molar-refractivity contribution in [3.8, 4) is 0 Å². The second-order valence-corrected chi connectivity index (χ2v) is 7.82. The number of thiol groups is 1. The average Bonchev–Trinajstić information content (AvgIpc) is 2.77. The van der Waals surface area contributed by atoms with E-state index in [2.05, 4.69) is 36.3 Å². The fraction of sp³-hybridized carbons (Fsp3) is 1.00. The predicted molar refractivity (Wildman–Crippen MR) is 93.9 cm³/mol. The molecule has 42 heavy (non-hydrogen) atoms. The van der Waals surface area contributed by atoms with Gasteiger partial charge in [0.05, 0.1) is 13.2 Å². The lowest BCUT2D eigenvalue weighted by Crippen LogP contribution is -2.56. The molecule has 0 N–H and O–H groups in total. The van der Waals surface area contributed by atoms with Crippen LogP contribution in [0.4, 0.5) is 87.8 Å². The number of hydrogen-bond acceptors (Lipinski definition) is 6. The molecule has 0 aromatic rings. The van der Waals surface area contributed by atoms with Gasteiger partial charge < -0.3 is 14.2 Å². The molecule has 0 fully saturated rings. The molecule has 0 aliphatic carbocycles. The third kappa shape index (κ3) is 10.2. The van der Waals surface area contributed by atoms with E-state index in [9.17, 15) is 87.8 Å². The summed E-state index contributed by atoms with van der Waals surface area (Å²) >= 11 is 3.62. The molecule has 5 nitrogen and oxygen atoms in total. The summed E-state index contributed by atoms with van der Waals surface area (Å²) in [7, 11) is 0. The second kappa shape index (κ2) is 13.8. The maximum absolute atomic E-state index is 13.8. The Labute approximate surface area is 224 Å². The van der Waals surface area contributed by atoms with E-state index in [-0.39, 0.29) is 12.2 Å². The highest BCUT2D eigenvalue weighted by molar-refractivity contribution is 7.80. The van der Waals surface area contributed by atoms with Crippen molar-refractivity contribution in [1.29, 1.82) is 0 Å². The number of hydrogen-bond donors (Lipinski definition) is 1. The SMILES string of the molecule is FC(OC(F)(F)C(F)(F)C(F)(F)F)C(F)(F)OCC(COCCCS)OC(F)(F)C(F)OC(F)(F)C(F)(F)C(F)(F)F. The molecule has 0 bridgehead atoms. The highest BCUT2D eigenvalue weighted by Gasteiger charge is 2.77. The van der Waals surface area contributed by atoms with Crippen LogP contribution in [0.5, 0.6) is 0 Å².